The fourth-order valence-corrected chi connectivity index (χ4v) is 3.49. The predicted octanol–water partition coefficient (Wildman–Crippen LogP) is 0.781. The highest BCUT2D eigenvalue weighted by molar-refractivity contribution is 6.09. The molecule has 5 amide bonds. The average molecular weight is 373 g/mol. The molecule has 2 heterocycles. The minimum atomic E-state index is -0.834. The van der Waals surface area contributed by atoms with E-state index in [1.807, 2.05) is 0 Å². The van der Waals surface area contributed by atoms with Crippen LogP contribution >= 0.6 is 0 Å². The Labute approximate surface area is 156 Å². The summed E-state index contributed by atoms with van der Waals surface area (Å²) >= 11 is 0. The largest absolute Gasteiger partial charge is 0.354 e. The van der Waals surface area contributed by atoms with E-state index in [2.05, 4.69) is 20.9 Å². The van der Waals surface area contributed by atoms with Gasteiger partial charge in [0.05, 0.1) is 11.9 Å². The lowest BCUT2D eigenvalue weighted by Crippen LogP contribution is -2.49. The van der Waals surface area contributed by atoms with Crippen LogP contribution in [0.5, 0.6) is 0 Å². The summed E-state index contributed by atoms with van der Waals surface area (Å²) in [5, 5.41) is 7.99. The third kappa shape index (κ3) is 4.42. The zero-order valence-electron chi connectivity index (χ0n) is 15.0. The fourth-order valence-electron chi connectivity index (χ4n) is 3.49. The summed E-state index contributed by atoms with van der Waals surface area (Å²) in [7, 11) is 0. The Morgan fingerprint density at radius 2 is 1.96 bits per heavy atom. The van der Waals surface area contributed by atoms with Crippen molar-refractivity contribution in [1.82, 2.24) is 20.5 Å². The van der Waals surface area contributed by atoms with E-state index in [1.165, 1.54) is 6.20 Å². The van der Waals surface area contributed by atoms with Crippen molar-refractivity contribution in [1.29, 1.82) is 0 Å². The van der Waals surface area contributed by atoms with Gasteiger partial charge >= 0.3 is 6.03 Å². The van der Waals surface area contributed by atoms with Crippen molar-refractivity contribution in [2.75, 3.05) is 18.4 Å². The maximum absolute atomic E-state index is 12.6. The van der Waals surface area contributed by atoms with E-state index < -0.39 is 17.5 Å². The first-order chi connectivity index (χ1) is 13.0. The second-order valence-corrected chi connectivity index (χ2v) is 6.85. The zero-order valence-corrected chi connectivity index (χ0v) is 15.0. The number of imide groups is 1. The first kappa shape index (κ1) is 18.8. The topological polar surface area (TPSA) is 121 Å². The van der Waals surface area contributed by atoms with Crippen LogP contribution in [0, 0.1) is 0 Å². The van der Waals surface area contributed by atoms with Gasteiger partial charge in [0.2, 0.25) is 11.8 Å². The van der Waals surface area contributed by atoms with Crippen LogP contribution in [-0.4, -0.2) is 52.3 Å². The van der Waals surface area contributed by atoms with Crippen LogP contribution in [0.3, 0.4) is 0 Å². The lowest BCUT2D eigenvalue weighted by atomic mass is 9.82. The number of hydrogen-bond donors (Lipinski definition) is 3. The standard InChI is InChI=1S/C18H23N5O4/c24-14(21-13-5-4-9-19-11-13)6-10-20-15(25)12-23-16(26)18(22-17(23)27)7-2-1-3-8-18/h4-5,9,11H,1-3,6-8,10,12H2,(H,20,25)(H,21,24)(H,22,27). The van der Waals surface area contributed by atoms with Crippen LogP contribution < -0.4 is 16.0 Å². The predicted molar refractivity (Wildman–Crippen MR) is 96.6 cm³/mol. The van der Waals surface area contributed by atoms with Gasteiger partial charge in [0.15, 0.2) is 0 Å². The molecular formula is C18H23N5O4. The molecule has 1 saturated heterocycles. The summed E-state index contributed by atoms with van der Waals surface area (Å²) in [5.74, 6) is -1.06. The number of nitrogens with one attached hydrogen (secondary N) is 3. The van der Waals surface area contributed by atoms with Crippen molar-refractivity contribution < 1.29 is 19.2 Å². The number of anilines is 1. The summed E-state index contributed by atoms with van der Waals surface area (Å²) in [5.41, 5.74) is -0.259. The molecule has 0 radical (unpaired) electrons. The van der Waals surface area contributed by atoms with Gasteiger partial charge in [0.1, 0.15) is 12.1 Å². The van der Waals surface area contributed by atoms with Crippen molar-refractivity contribution in [2.24, 2.45) is 0 Å². The number of amides is 5. The Morgan fingerprint density at radius 1 is 1.19 bits per heavy atom. The van der Waals surface area contributed by atoms with Crippen molar-refractivity contribution in [3.63, 3.8) is 0 Å². The number of aromatic nitrogens is 1. The Morgan fingerprint density at radius 3 is 2.67 bits per heavy atom. The maximum Gasteiger partial charge on any atom is 0.325 e. The Bertz CT molecular complexity index is 731. The number of carbonyl (C=O) groups excluding carboxylic acids is 4. The lowest BCUT2D eigenvalue weighted by molar-refractivity contribution is -0.135. The van der Waals surface area contributed by atoms with Gasteiger partial charge in [0.25, 0.3) is 5.91 Å². The van der Waals surface area contributed by atoms with Crippen LogP contribution in [0.4, 0.5) is 10.5 Å². The third-order valence-corrected chi connectivity index (χ3v) is 4.87. The minimum absolute atomic E-state index is 0.0741. The quantitative estimate of drug-likeness (QED) is 0.637. The number of urea groups is 1. The van der Waals surface area contributed by atoms with Crippen molar-refractivity contribution >= 4 is 29.4 Å². The van der Waals surface area contributed by atoms with Gasteiger partial charge in [-0.1, -0.05) is 19.3 Å². The normalized spacial score (nSPS) is 18.3. The smallest absolute Gasteiger partial charge is 0.325 e. The Kier molecular flexibility index (Phi) is 5.68. The van der Waals surface area contributed by atoms with Crippen LogP contribution in [0.25, 0.3) is 0 Å². The summed E-state index contributed by atoms with van der Waals surface area (Å²) < 4.78 is 0. The summed E-state index contributed by atoms with van der Waals surface area (Å²) in [6, 6.07) is 2.89. The highest BCUT2D eigenvalue weighted by atomic mass is 16.2. The molecule has 1 spiro atoms. The Balaban J connectivity index is 1.43. The molecule has 0 atom stereocenters. The molecule has 1 aromatic rings. The number of rotatable bonds is 6. The van der Waals surface area contributed by atoms with E-state index in [0.29, 0.717) is 18.5 Å². The SMILES string of the molecule is O=C(CN1C(=O)NC2(CCCCC2)C1=O)NCCC(=O)Nc1cccnc1. The molecule has 1 aromatic heterocycles. The van der Waals surface area contributed by atoms with Crippen molar-refractivity contribution in [3.05, 3.63) is 24.5 Å². The van der Waals surface area contributed by atoms with Gasteiger partial charge in [-0.3, -0.25) is 24.3 Å². The molecule has 9 heteroatoms. The first-order valence-corrected chi connectivity index (χ1v) is 9.11. The summed E-state index contributed by atoms with van der Waals surface area (Å²) in [6.45, 7) is -0.226. The second-order valence-electron chi connectivity index (χ2n) is 6.85. The highest BCUT2D eigenvalue weighted by Gasteiger charge is 2.51. The van der Waals surface area contributed by atoms with E-state index >= 15 is 0 Å². The van der Waals surface area contributed by atoms with E-state index in [-0.39, 0.29) is 31.3 Å². The number of hydrogen-bond acceptors (Lipinski definition) is 5. The van der Waals surface area contributed by atoms with Gasteiger partial charge in [0, 0.05) is 19.2 Å². The van der Waals surface area contributed by atoms with Gasteiger partial charge in [-0.05, 0) is 25.0 Å². The van der Waals surface area contributed by atoms with Gasteiger partial charge in [-0.2, -0.15) is 0 Å². The Hall–Kier alpha value is -2.97. The van der Waals surface area contributed by atoms with Crippen molar-refractivity contribution in [3.8, 4) is 0 Å². The van der Waals surface area contributed by atoms with Crippen LogP contribution in [0.15, 0.2) is 24.5 Å². The number of pyridine rings is 1. The molecule has 0 aromatic carbocycles. The summed E-state index contributed by atoms with van der Waals surface area (Å²) in [6.07, 6.45) is 7.25. The van der Waals surface area contributed by atoms with Gasteiger partial charge in [-0.15, -0.1) is 0 Å². The molecule has 3 N–H and O–H groups in total. The average Bonchev–Trinajstić information content (AvgIpc) is 2.87. The molecule has 27 heavy (non-hydrogen) atoms. The molecule has 1 aliphatic heterocycles. The van der Waals surface area contributed by atoms with E-state index in [1.54, 1.807) is 18.3 Å². The highest BCUT2D eigenvalue weighted by Crippen LogP contribution is 2.33. The van der Waals surface area contributed by atoms with Gasteiger partial charge < -0.3 is 16.0 Å². The van der Waals surface area contributed by atoms with E-state index in [4.69, 9.17) is 0 Å². The molecule has 2 aliphatic rings. The monoisotopic (exact) mass is 373 g/mol. The summed E-state index contributed by atoms with van der Waals surface area (Å²) in [4.78, 5) is 53.5. The minimum Gasteiger partial charge on any atom is -0.354 e. The molecule has 3 rings (SSSR count). The number of nitrogens with zero attached hydrogens (tertiary/aromatic N) is 2. The molecular weight excluding hydrogens is 350 g/mol. The molecule has 1 aliphatic carbocycles. The molecule has 144 valence electrons. The van der Waals surface area contributed by atoms with Crippen LogP contribution in [-0.2, 0) is 14.4 Å². The third-order valence-electron chi connectivity index (χ3n) is 4.87. The fraction of sp³-hybridized carbons (Fsp3) is 0.500. The molecule has 2 fully saturated rings. The second kappa shape index (κ2) is 8.15. The first-order valence-electron chi connectivity index (χ1n) is 9.11. The molecule has 0 bridgehead atoms. The maximum atomic E-state index is 12.6. The zero-order chi connectivity index (χ0) is 19.3. The van der Waals surface area contributed by atoms with E-state index in [0.717, 1.165) is 24.2 Å². The van der Waals surface area contributed by atoms with Gasteiger partial charge in [-0.25, -0.2) is 4.79 Å². The molecule has 0 unspecified atom stereocenters. The van der Waals surface area contributed by atoms with E-state index in [9.17, 15) is 19.2 Å². The number of carbonyl (C=O) groups is 4. The van der Waals surface area contributed by atoms with Crippen molar-refractivity contribution in [2.45, 2.75) is 44.1 Å². The molecule has 9 nitrogen and oxygen atoms in total. The lowest BCUT2D eigenvalue weighted by Gasteiger charge is -2.30. The van der Waals surface area contributed by atoms with Crippen LogP contribution in [0.2, 0.25) is 0 Å². The molecule has 1 saturated carbocycles. The van der Waals surface area contributed by atoms with Crippen LogP contribution in [0.1, 0.15) is 38.5 Å².